The Bertz CT molecular complexity index is 998. The molecule has 2 rings (SSSR count). The predicted octanol–water partition coefficient (Wildman–Crippen LogP) is 3.62. The second kappa shape index (κ2) is 9.75. The molecule has 10 heteroatoms. The molecular weight excluding hydrogens is 401 g/mol. The number of guanidine groups is 1. The summed E-state index contributed by atoms with van der Waals surface area (Å²) < 4.78 is 20.1. The van der Waals surface area contributed by atoms with Crippen molar-refractivity contribution in [3.8, 4) is 11.9 Å². The number of nitrogens with one attached hydrogen (secondary N) is 2. The van der Waals surface area contributed by atoms with Crippen LogP contribution in [-0.2, 0) is 0 Å². The van der Waals surface area contributed by atoms with Gasteiger partial charge in [-0.05, 0) is 39.0 Å². The van der Waals surface area contributed by atoms with Gasteiger partial charge in [-0.3, -0.25) is 4.98 Å². The highest BCUT2D eigenvalue weighted by molar-refractivity contribution is 5.99. The molecule has 1 aromatic heterocycles. The Morgan fingerprint density at radius 2 is 1.87 bits per heavy atom. The molecule has 1 heterocycles. The number of nitriles is 1. The molecule has 2 N–H and O–H groups in total. The zero-order chi connectivity index (χ0) is 23.2. The Labute approximate surface area is 181 Å². The van der Waals surface area contributed by atoms with Crippen molar-refractivity contribution in [2.45, 2.75) is 26.5 Å². The third-order valence-corrected chi connectivity index (χ3v) is 4.32. The van der Waals surface area contributed by atoms with Gasteiger partial charge >= 0.3 is 6.03 Å². The van der Waals surface area contributed by atoms with Crippen LogP contribution in [0, 0.1) is 24.2 Å². The number of hydrogen-bond acceptors (Lipinski definition) is 5. The van der Waals surface area contributed by atoms with Gasteiger partial charge in [0.05, 0.1) is 11.9 Å². The van der Waals surface area contributed by atoms with Crippen LogP contribution in [-0.4, -0.2) is 53.6 Å². The Hall–Kier alpha value is -3.87. The van der Waals surface area contributed by atoms with Gasteiger partial charge in [0.1, 0.15) is 11.6 Å². The van der Waals surface area contributed by atoms with E-state index in [2.05, 4.69) is 20.6 Å². The van der Waals surface area contributed by atoms with E-state index in [1.54, 1.807) is 63.1 Å². The largest absolute Gasteiger partial charge is 0.468 e. The van der Waals surface area contributed by atoms with E-state index in [4.69, 9.17) is 10.00 Å². The lowest BCUT2D eigenvalue weighted by atomic mass is 10.2. The van der Waals surface area contributed by atoms with Gasteiger partial charge in [-0.2, -0.15) is 5.26 Å². The van der Waals surface area contributed by atoms with Gasteiger partial charge in [0, 0.05) is 44.7 Å². The lowest BCUT2D eigenvalue weighted by Crippen LogP contribution is -2.53. The summed E-state index contributed by atoms with van der Waals surface area (Å²) in [7, 11) is 5.20. The number of ether oxygens (including phenoxy) is 1. The SMILES string of the molecule is Cc1ccc(NC(=O)Nc2cc(F)cc(OC(C)(C)N(C)C(=NC#N)N(C)C)c2)cn1. The smallest absolute Gasteiger partial charge is 0.323 e. The Morgan fingerprint density at radius 1 is 1.19 bits per heavy atom. The van der Waals surface area contributed by atoms with Crippen molar-refractivity contribution in [2.75, 3.05) is 31.8 Å². The molecule has 0 aliphatic rings. The number of pyridine rings is 1. The number of carbonyl (C=O) groups excluding carboxylic acids is 1. The minimum atomic E-state index is -0.985. The average molecular weight is 427 g/mol. The lowest BCUT2D eigenvalue weighted by Gasteiger charge is -2.39. The van der Waals surface area contributed by atoms with Gasteiger partial charge in [-0.25, -0.2) is 9.18 Å². The van der Waals surface area contributed by atoms with Crippen molar-refractivity contribution < 1.29 is 13.9 Å². The van der Waals surface area contributed by atoms with E-state index in [0.29, 0.717) is 11.6 Å². The third kappa shape index (κ3) is 6.57. The number of hydrogen-bond donors (Lipinski definition) is 2. The van der Waals surface area contributed by atoms with Crippen molar-refractivity contribution in [3.63, 3.8) is 0 Å². The zero-order valence-corrected chi connectivity index (χ0v) is 18.4. The number of amides is 2. The zero-order valence-electron chi connectivity index (χ0n) is 18.4. The van der Waals surface area contributed by atoms with Gasteiger partial charge in [0.25, 0.3) is 0 Å². The second-order valence-corrected chi connectivity index (χ2v) is 7.46. The van der Waals surface area contributed by atoms with Crippen LogP contribution in [0.2, 0.25) is 0 Å². The number of anilines is 2. The molecule has 0 atom stereocenters. The summed E-state index contributed by atoms with van der Waals surface area (Å²) in [5.74, 6) is -0.0191. The molecule has 2 amide bonds. The fraction of sp³-hybridized carbons (Fsp3) is 0.333. The molecule has 0 spiro atoms. The number of benzene rings is 1. The first-order valence-corrected chi connectivity index (χ1v) is 9.40. The topological polar surface area (TPSA) is 106 Å². The first kappa shape index (κ1) is 23.4. The van der Waals surface area contributed by atoms with Crippen LogP contribution in [0.1, 0.15) is 19.5 Å². The fourth-order valence-electron chi connectivity index (χ4n) is 2.65. The fourth-order valence-corrected chi connectivity index (χ4v) is 2.65. The summed E-state index contributed by atoms with van der Waals surface area (Å²) in [6.07, 6.45) is 3.29. The second-order valence-electron chi connectivity index (χ2n) is 7.46. The van der Waals surface area contributed by atoms with E-state index >= 15 is 0 Å². The number of rotatable bonds is 5. The van der Waals surface area contributed by atoms with Crippen molar-refractivity contribution in [3.05, 3.63) is 48.0 Å². The maximum absolute atomic E-state index is 14.2. The Balaban J connectivity index is 2.16. The van der Waals surface area contributed by atoms with E-state index in [9.17, 15) is 9.18 Å². The Kier molecular flexibility index (Phi) is 7.37. The van der Waals surface area contributed by atoms with Gasteiger partial charge in [-0.1, -0.05) is 0 Å². The van der Waals surface area contributed by atoms with Crippen molar-refractivity contribution in [1.82, 2.24) is 14.8 Å². The molecule has 0 unspecified atom stereocenters. The number of aromatic nitrogens is 1. The molecule has 31 heavy (non-hydrogen) atoms. The molecule has 1 aromatic carbocycles. The first-order valence-electron chi connectivity index (χ1n) is 9.40. The molecule has 0 bridgehead atoms. The lowest BCUT2D eigenvalue weighted by molar-refractivity contribution is -0.00228. The van der Waals surface area contributed by atoms with Crippen LogP contribution >= 0.6 is 0 Å². The van der Waals surface area contributed by atoms with Gasteiger partial charge in [0.2, 0.25) is 12.2 Å². The molecule has 0 aliphatic carbocycles. The third-order valence-electron chi connectivity index (χ3n) is 4.32. The molecule has 0 fully saturated rings. The van der Waals surface area contributed by atoms with Gasteiger partial charge in [0.15, 0.2) is 5.72 Å². The molecule has 0 aliphatic heterocycles. The number of halogens is 1. The normalized spacial score (nSPS) is 11.4. The minimum Gasteiger partial charge on any atom is -0.468 e. The predicted molar refractivity (Wildman–Crippen MR) is 117 cm³/mol. The van der Waals surface area contributed by atoms with Crippen LogP contribution in [0.3, 0.4) is 0 Å². The number of aliphatic imine (C=N–C) groups is 1. The summed E-state index contributed by atoms with van der Waals surface area (Å²) in [6.45, 7) is 5.34. The molecule has 164 valence electrons. The van der Waals surface area contributed by atoms with E-state index in [0.717, 1.165) is 5.69 Å². The van der Waals surface area contributed by atoms with Crippen molar-refractivity contribution in [1.29, 1.82) is 5.26 Å². The monoisotopic (exact) mass is 427 g/mol. The van der Waals surface area contributed by atoms with Crippen LogP contribution in [0.25, 0.3) is 0 Å². The molecule has 9 nitrogen and oxygen atoms in total. The van der Waals surface area contributed by atoms with E-state index in [1.165, 1.54) is 24.4 Å². The highest BCUT2D eigenvalue weighted by Gasteiger charge is 2.30. The summed E-state index contributed by atoms with van der Waals surface area (Å²) >= 11 is 0. The van der Waals surface area contributed by atoms with Crippen LogP contribution < -0.4 is 15.4 Å². The van der Waals surface area contributed by atoms with Crippen LogP contribution in [0.15, 0.2) is 41.5 Å². The minimum absolute atomic E-state index is 0.194. The van der Waals surface area contributed by atoms with E-state index < -0.39 is 17.6 Å². The number of nitrogens with zero attached hydrogens (tertiary/aromatic N) is 5. The number of aryl methyl sites for hydroxylation is 1. The van der Waals surface area contributed by atoms with Crippen molar-refractivity contribution >= 4 is 23.4 Å². The highest BCUT2D eigenvalue weighted by Crippen LogP contribution is 2.26. The average Bonchev–Trinajstić information content (AvgIpc) is 2.66. The number of carbonyl (C=O) groups is 1. The summed E-state index contributed by atoms with van der Waals surface area (Å²) in [6, 6.07) is 6.82. The molecular formula is C21H26FN7O2. The molecule has 0 saturated heterocycles. The van der Waals surface area contributed by atoms with Crippen LogP contribution in [0.4, 0.5) is 20.6 Å². The summed E-state index contributed by atoms with van der Waals surface area (Å²) in [5, 5.41) is 14.1. The van der Waals surface area contributed by atoms with Crippen molar-refractivity contribution in [2.24, 2.45) is 4.99 Å². The van der Waals surface area contributed by atoms with Gasteiger partial charge in [-0.15, -0.1) is 4.99 Å². The molecule has 2 aromatic rings. The summed E-state index contributed by atoms with van der Waals surface area (Å²) in [4.78, 5) is 23.5. The van der Waals surface area contributed by atoms with E-state index in [-0.39, 0.29) is 11.4 Å². The highest BCUT2D eigenvalue weighted by atomic mass is 19.1. The maximum atomic E-state index is 14.2. The molecule has 0 saturated carbocycles. The summed E-state index contributed by atoms with van der Waals surface area (Å²) in [5.41, 5.74) is 0.555. The first-order chi connectivity index (χ1) is 14.5. The Morgan fingerprint density at radius 3 is 2.45 bits per heavy atom. The standard InChI is InChI=1S/C21H26FN7O2/c1-14-7-8-16(12-24-14)26-19(30)27-17-9-15(22)10-18(11-17)31-21(2,3)29(6)20(25-13-23)28(4)5/h7-12H,1-6H3,(H2,26,27,30). The van der Waals surface area contributed by atoms with E-state index in [1.807, 2.05) is 6.92 Å². The quantitative estimate of drug-likeness (QED) is 0.327. The molecule has 0 radical (unpaired) electrons. The van der Waals surface area contributed by atoms with Gasteiger partial charge < -0.3 is 25.2 Å². The maximum Gasteiger partial charge on any atom is 0.323 e. The number of urea groups is 1. The van der Waals surface area contributed by atoms with Crippen LogP contribution in [0.5, 0.6) is 5.75 Å².